The molecule has 6 heteroatoms. The van der Waals surface area contributed by atoms with E-state index in [0.29, 0.717) is 0 Å². The zero-order chi connectivity index (χ0) is 25.1. The third-order valence-corrected chi connectivity index (χ3v) is 5.93. The van der Waals surface area contributed by atoms with Gasteiger partial charge in [-0.05, 0) is 36.4 Å². The van der Waals surface area contributed by atoms with Crippen LogP contribution in [0.2, 0.25) is 0 Å². The molecular weight excluding hydrogens is 444 g/mol. The topological polar surface area (TPSA) is 61.4 Å². The Morgan fingerprint density at radius 3 is 1.81 bits per heavy atom. The molecule has 4 heterocycles. The van der Waals surface area contributed by atoms with E-state index in [2.05, 4.69) is 72.8 Å². The maximum atomic E-state index is 4.97. The first-order valence-corrected chi connectivity index (χ1v) is 12.4. The van der Waals surface area contributed by atoms with Gasteiger partial charge in [-0.2, -0.15) is 5.10 Å². The van der Waals surface area contributed by atoms with Crippen molar-refractivity contribution in [2.45, 2.75) is 27.7 Å². The normalized spacial score (nSPS) is 10.8. The highest BCUT2D eigenvalue weighted by molar-refractivity contribution is 6.22. The van der Waals surface area contributed by atoms with Gasteiger partial charge in [0.15, 0.2) is 11.6 Å². The molecule has 0 atom stereocenters. The van der Waals surface area contributed by atoms with Crippen LogP contribution in [0.4, 0.5) is 0 Å². The van der Waals surface area contributed by atoms with Crippen LogP contribution in [-0.4, -0.2) is 29.3 Å². The van der Waals surface area contributed by atoms with Crippen LogP contribution in [0.15, 0.2) is 97.3 Å². The van der Waals surface area contributed by atoms with Crippen molar-refractivity contribution in [2.24, 2.45) is 0 Å². The smallest absolute Gasteiger partial charge is 0.161 e. The largest absolute Gasteiger partial charge is 0.278 e. The molecule has 0 saturated carbocycles. The van der Waals surface area contributed by atoms with Crippen molar-refractivity contribution in [2.75, 3.05) is 0 Å². The van der Waals surface area contributed by atoms with Gasteiger partial charge in [-0.25, -0.2) is 4.98 Å². The van der Waals surface area contributed by atoms with Crippen LogP contribution in [0, 0.1) is 0 Å². The molecule has 0 radical (unpaired) electrons. The summed E-state index contributed by atoms with van der Waals surface area (Å²) in [6, 6.07) is 28.7. The van der Waals surface area contributed by atoms with E-state index in [1.807, 2.05) is 70.3 Å². The van der Waals surface area contributed by atoms with Crippen molar-refractivity contribution in [1.82, 2.24) is 29.3 Å². The molecule has 0 fully saturated rings. The summed E-state index contributed by atoms with van der Waals surface area (Å²) in [5.74, 6) is 1.53. The molecule has 0 saturated heterocycles. The summed E-state index contributed by atoms with van der Waals surface area (Å²) in [5.41, 5.74) is 4.88. The molecule has 0 amide bonds. The van der Waals surface area contributed by atoms with E-state index in [0.717, 1.165) is 55.5 Å². The second kappa shape index (κ2) is 9.96. The van der Waals surface area contributed by atoms with E-state index in [1.54, 1.807) is 6.20 Å². The predicted molar refractivity (Wildman–Crippen MR) is 149 cm³/mol. The van der Waals surface area contributed by atoms with Gasteiger partial charge in [-0.3, -0.25) is 14.1 Å². The average Bonchev–Trinajstić information content (AvgIpc) is 3.48. The number of hydrogen-bond acceptors (Lipinski definition) is 4. The fourth-order valence-electron chi connectivity index (χ4n) is 4.63. The summed E-state index contributed by atoms with van der Waals surface area (Å²) in [6.45, 7) is 8.00. The fourth-order valence-corrected chi connectivity index (χ4v) is 4.63. The Morgan fingerprint density at radius 2 is 1.17 bits per heavy atom. The molecule has 0 aliphatic rings. The Labute approximate surface area is 209 Å². The molecule has 7 aromatic rings. The number of para-hydroxylation sites is 4. The molecule has 7 rings (SSSR count). The molecule has 0 aliphatic carbocycles. The van der Waals surface area contributed by atoms with Crippen molar-refractivity contribution in [1.29, 1.82) is 0 Å². The Hall–Kier alpha value is -4.58. The van der Waals surface area contributed by atoms with Gasteiger partial charge in [0.1, 0.15) is 5.65 Å². The summed E-state index contributed by atoms with van der Waals surface area (Å²) >= 11 is 0. The van der Waals surface area contributed by atoms with Gasteiger partial charge in [-0.15, -0.1) is 5.10 Å². The average molecular weight is 473 g/mol. The van der Waals surface area contributed by atoms with Crippen molar-refractivity contribution in [3.05, 3.63) is 97.3 Å². The molecule has 0 spiro atoms. The molecule has 3 aromatic carbocycles. The summed E-state index contributed by atoms with van der Waals surface area (Å²) in [7, 11) is 0. The Kier molecular flexibility index (Phi) is 6.41. The first kappa shape index (κ1) is 23.2. The van der Waals surface area contributed by atoms with E-state index in [1.165, 1.54) is 0 Å². The maximum absolute atomic E-state index is 4.97. The highest BCUT2D eigenvalue weighted by atomic mass is 15.2. The zero-order valence-corrected chi connectivity index (χ0v) is 20.9. The maximum Gasteiger partial charge on any atom is 0.161 e. The lowest BCUT2D eigenvalue weighted by Crippen LogP contribution is -2.05. The minimum absolute atomic E-state index is 0.761. The van der Waals surface area contributed by atoms with Gasteiger partial charge in [0.25, 0.3) is 0 Å². The number of benzene rings is 3. The van der Waals surface area contributed by atoms with Crippen molar-refractivity contribution in [3.63, 3.8) is 0 Å². The van der Waals surface area contributed by atoms with E-state index in [9.17, 15) is 0 Å². The first-order valence-electron chi connectivity index (χ1n) is 12.4. The second-order valence-corrected chi connectivity index (χ2v) is 7.70. The number of nitrogens with zero attached hydrogens (tertiary/aromatic N) is 6. The molecule has 0 aliphatic heterocycles. The summed E-state index contributed by atoms with van der Waals surface area (Å²) < 4.78 is 4.34. The quantitative estimate of drug-likeness (QED) is 0.261. The summed E-state index contributed by atoms with van der Waals surface area (Å²) in [5, 5.41) is 12.1. The van der Waals surface area contributed by atoms with Crippen molar-refractivity contribution < 1.29 is 0 Å². The van der Waals surface area contributed by atoms with Crippen LogP contribution in [0.5, 0.6) is 0 Å². The molecule has 4 aromatic heterocycles. The Balaban J connectivity index is 0.000000637. The summed E-state index contributed by atoms with van der Waals surface area (Å²) in [4.78, 5) is 9.66. The predicted octanol–water partition coefficient (Wildman–Crippen LogP) is 7.51. The number of hydrogen-bond donors (Lipinski definition) is 0. The van der Waals surface area contributed by atoms with Crippen LogP contribution >= 0.6 is 0 Å². The van der Waals surface area contributed by atoms with Crippen LogP contribution in [0.3, 0.4) is 0 Å². The van der Waals surface area contributed by atoms with E-state index in [-0.39, 0.29) is 0 Å². The lowest BCUT2D eigenvalue weighted by molar-refractivity contribution is 0.930. The standard InChI is InChI=1S/C26H16N6.2C2H6/c1-5-12-21-17(8-1)25-18-9-2-6-13-22(18)32(26(25)31(21)23-14-7-15-28-30-23)24-16-27-19-10-3-4-11-20(19)29-24;2*1-2/h1-16H;2*1-2H3. The highest BCUT2D eigenvalue weighted by Crippen LogP contribution is 2.39. The van der Waals surface area contributed by atoms with Gasteiger partial charge in [0.2, 0.25) is 0 Å². The monoisotopic (exact) mass is 472 g/mol. The molecule has 36 heavy (non-hydrogen) atoms. The van der Waals surface area contributed by atoms with Crippen molar-refractivity contribution >= 4 is 43.9 Å². The van der Waals surface area contributed by atoms with Gasteiger partial charge in [0, 0.05) is 22.4 Å². The lowest BCUT2D eigenvalue weighted by atomic mass is 10.1. The third kappa shape index (κ3) is 3.58. The van der Waals surface area contributed by atoms with Crippen LogP contribution in [0.25, 0.3) is 55.5 Å². The fraction of sp³-hybridized carbons (Fsp3) is 0.133. The minimum Gasteiger partial charge on any atom is -0.278 e. The molecule has 0 N–H and O–H groups in total. The lowest BCUT2D eigenvalue weighted by Gasteiger charge is -2.11. The van der Waals surface area contributed by atoms with E-state index < -0.39 is 0 Å². The molecule has 0 bridgehead atoms. The van der Waals surface area contributed by atoms with E-state index >= 15 is 0 Å². The molecule has 178 valence electrons. The SMILES string of the molecule is CC.CC.c1cnnc(-n2c3ccccc3c3c4ccccc4n(-c4cnc5ccccc5n4)c32)c1. The first-order chi connectivity index (χ1) is 17.9. The van der Waals surface area contributed by atoms with Crippen LogP contribution in [-0.2, 0) is 0 Å². The van der Waals surface area contributed by atoms with E-state index in [4.69, 9.17) is 4.98 Å². The second-order valence-electron chi connectivity index (χ2n) is 7.70. The third-order valence-electron chi connectivity index (χ3n) is 5.93. The van der Waals surface area contributed by atoms with Gasteiger partial charge < -0.3 is 0 Å². The Bertz CT molecular complexity index is 1780. The molecule has 0 unspecified atom stereocenters. The molecular formula is C30H28N6. The van der Waals surface area contributed by atoms with Gasteiger partial charge in [-0.1, -0.05) is 76.2 Å². The zero-order valence-electron chi connectivity index (χ0n) is 20.9. The molecule has 6 nitrogen and oxygen atoms in total. The van der Waals surface area contributed by atoms with Crippen molar-refractivity contribution in [3.8, 4) is 11.6 Å². The minimum atomic E-state index is 0.761. The van der Waals surface area contributed by atoms with Gasteiger partial charge in [0.05, 0.1) is 28.3 Å². The van der Waals surface area contributed by atoms with Gasteiger partial charge >= 0.3 is 0 Å². The number of aromatic nitrogens is 6. The highest BCUT2D eigenvalue weighted by Gasteiger charge is 2.22. The number of rotatable bonds is 2. The van der Waals surface area contributed by atoms with Crippen LogP contribution in [0.1, 0.15) is 27.7 Å². The summed E-state index contributed by atoms with van der Waals surface area (Å²) in [6.07, 6.45) is 3.53. The Morgan fingerprint density at radius 1 is 0.583 bits per heavy atom. The van der Waals surface area contributed by atoms with Crippen LogP contribution < -0.4 is 0 Å². The number of fused-ring (bicyclic) bond motifs is 6.